The molecule has 3 aromatic heterocycles. The zero-order valence-electron chi connectivity index (χ0n) is 18.4. The predicted molar refractivity (Wildman–Crippen MR) is 126 cm³/mol. The molecule has 9 heteroatoms. The average molecular weight is 442 g/mol. The van der Waals surface area contributed by atoms with Crippen LogP contribution in [0.15, 0.2) is 64.3 Å². The van der Waals surface area contributed by atoms with Gasteiger partial charge in [-0.05, 0) is 37.1 Å². The maximum Gasteiger partial charge on any atom is 0.332 e. The third kappa shape index (κ3) is 3.16. The normalized spacial score (nSPS) is 11.5. The number of nitrogens with two attached hydrogens (primary N) is 1. The quantitative estimate of drug-likeness (QED) is 0.458. The molecule has 2 aromatic carbocycles. The van der Waals surface area contributed by atoms with Crippen molar-refractivity contribution < 1.29 is 4.79 Å². The summed E-state index contributed by atoms with van der Waals surface area (Å²) in [6, 6.07) is 16.0. The molecule has 0 fully saturated rings. The molecule has 0 saturated heterocycles. The van der Waals surface area contributed by atoms with Crippen LogP contribution in [0.1, 0.15) is 11.1 Å². The smallest absolute Gasteiger partial charge is 0.332 e. The molecule has 0 aliphatic rings. The van der Waals surface area contributed by atoms with Crippen molar-refractivity contribution in [2.24, 2.45) is 12.8 Å². The van der Waals surface area contributed by atoms with E-state index in [1.54, 1.807) is 4.40 Å². The van der Waals surface area contributed by atoms with Gasteiger partial charge in [-0.2, -0.15) is 4.98 Å². The second-order valence-electron chi connectivity index (χ2n) is 8.21. The van der Waals surface area contributed by atoms with E-state index in [2.05, 4.69) is 6.07 Å². The lowest BCUT2D eigenvalue weighted by Crippen LogP contribution is -2.42. The molecule has 0 unspecified atom stereocenters. The van der Waals surface area contributed by atoms with Crippen LogP contribution < -0.4 is 17.0 Å². The summed E-state index contributed by atoms with van der Waals surface area (Å²) >= 11 is 0. The van der Waals surface area contributed by atoms with Crippen LogP contribution in [-0.4, -0.2) is 29.0 Å². The minimum Gasteiger partial charge on any atom is -0.368 e. The minimum absolute atomic E-state index is 0.202. The molecule has 2 N–H and O–H groups in total. The average Bonchev–Trinajstić information content (AvgIpc) is 3.31. The van der Waals surface area contributed by atoms with Gasteiger partial charge in [-0.1, -0.05) is 36.4 Å². The van der Waals surface area contributed by atoms with Gasteiger partial charge in [0, 0.05) is 24.5 Å². The van der Waals surface area contributed by atoms with Gasteiger partial charge in [0.05, 0.1) is 5.69 Å². The highest BCUT2D eigenvalue weighted by Crippen LogP contribution is 2.29. The number of benzene rings is 2. The van der Waals surface area contributed by atoms with E-state index in [0.717, 1.165) is 32.6 Å². The number of aromatic nitrogens is 5. The van der Waals surface area contributed by atoms with E-state index < -0.39 is 23.7 Å². The van der Waals surface area contributed by atoms with Crippen molar-refractivity contribution >= 4 is 22.8 Å². The van der Waals surface area contributed by atoms with Crippen LogP contribution in [0.5, 0.6) is 0 Å². The molecule has 0 aliphatic carbocycles. The van der Waals surface area contributed by atoms with Gasteiger partial charge in [-0.15, -0.1) is 0 Å². The van der Waals surface area contributed by atoms with Gasteiger partial charge < -0.3 is 5.73 Å². The Kier molecular flexibility index (Phi) is 4.56. The maximum absolute atomic E-state index is 13.3. The second kappa shape index (κ2) is 7.33. The number of hydrogen-bond acceptors (Lipinski definition) is 4. The van der Waals surface area contributed by atoms with Crippen molar-refractivity contribution in [2.45, 2.75) is 20.4 Å². The van der Waals surface area contributed by atoms with Crippen molar-refractivity contribution in [1.82, 2.24) is 23.1 Å². The fourth-order valence-corrected chi connectivity index (χ4v) is 4.34. The number of amides is 1. The molecule has 33 heavy (non-hydrogen) atoms. The zero-order valence-corrected chi connectivity index (χ0v) is 18.4. The number of primary amides is 1. The van der Waals surface area contributed by atoms with E-state index in [0.29, 0.717) is 5.78 Å². The standard InChI is InChI=1S/C24H22N6O3/c1-14-9-15(2)11-17(10-14)30-18(16-7-5-4-6-8-16)12-28-20-21(26-23(28)30)27(3)24(33)29(22(20)32)13-19(25)31/h4-12H,13H2,1-3H3,(H2,25,31). The van der Waals surface area contributed by atoms with E-state index in [1.807, 2.05) is 67.1 Å². The van der Waals surface area contributed by atoms with Crippen LogP contribution in [-0.2, 0) is 18.4 Å². The third-order valence-corrected chi connectivity index (χ3v) is 5.70. The van der Waals surface area contributed by atoms with E-state index in [4.69, 9.17) is 10.7 Å². The van der Waals surface area contributed by atoms with Gasteiger partial charge in [0.2, 0.25) is 11.7 Å². The summed E-state index contributed by atoms with van der Waals surface area (Å²) in [6.07, 6.45) is 1.83. The molecule has 5 rings (SSSR count). The molecule has 0 saturated carbocycles. The van der Waals surface area contributed by atoms with Gasteiger partial charge in [0.25, 0.3) is 5.56 Å². The molecular formula is C24H22N6O3. The van der Waals surface area contributed by atoms with Gasteiger partial charge in [-0.25, -0.2) is 9.36 Å². The largest absolute Gasteiger partial charge is 0.368 e. The molecule has 166 valence electrons. The van der Waals surface area contributed by atoms with Gasteiger partial charge in [-0.3, -0.25) is 23.1 Å². The third-order valence-electron chi connectivity index (χ3n) is 5.70. The van der Waals surface area contributed by atoms with Crippen LogP contribution in [0.3, 0.4) is 0 Å². The van der Waals surface area contributed by atoms with Crippen LogP contribution in [0.4, 0.5) is 0 Å². The number of carbonyl (C=O) groups excluding carboxylic acids is 1. The fourth-order valence-electron chi connectivity index (χ4n) is 4.34. The number of aryl methyl sites for hydroxylation is 3. The first-order valence-electron chi connectivity index (χ1n) is 10.4. The minimum atomic E-state index is -0.771. The molecule has 0 atom stereocenters. The summed E-state index contributed by atoms with van der Waals surface area (Å²) in [5.74, 6) is -0.287. The van der Waals surface area contributed by atoms with Crippen LogP contribution >= 0.6 is 0 Å². The number of carbonyl (C=O) groups is 1. The van der Waals surface area contributed by atoms with Gasteiger partial charge in [0.1, 0.15) is 6.54 Å². The summed E-state index contributed by atoms with van der Waals surface area (Å²) in [6.45, 7) is 3.54. The van der Waals surface area contributed by atoms with E-state index in [9.17, 15) is 14.4 Å². The molecule has 1 amide bonds. The predicted octanol–water partition coefficient (Wildman–Crippen LogP) is 1.91. The van der Waals surface area contributed by atoms with Crippen LogP contribution in [0.25, 0.3) is 33.9 Å². The second-order valence-corrected chi connectivity index (χ2v) is 8.21. The Bertz CT molecular complexity index is 1670. The maximum atomic E-state index is 13.3. The Hall–Kier alpha value is -4.40. The van der Waals surface area contributed by atoms with E-state index in [1.165, 1.54) is 11.6 Å². The Morgan fingerprint density at radius 3 is 2.33 bits per heavy atom. The molecule has 3 heterocycles. The van der Waals surface area contributed by atoms with Gasteiger partial charge >= 0.3 is 5.69 Å². The highest BCUT2D eigenvalue weighted by molar-refractivity contribution is 5.80. The van der Waals surface area contributed by atoms with Crippen LogP contribution in [0, 0.1) is 13.8 Å². The molecule has 0 bridgehead atoms. The summed E-state index contributed by atoms with van der Waals surface area (Å²) in [5, 5.41) is 0. The lowest BCUT2D eigenvalue weighted by Gasteiger charge is -2.11. The summed E-state index contributed by atoms with van der Waals surface area (Å²) in [7, 11) is 1.52. The number of rotatable bonds is 4. The van der Waals surface area contributed by atoms with Crippen molar-refractivity contribution in [3.63, 3.8) is 0 Å². The Morgan fingerprint density at radius 2 is 1.70 bits per heavy atom. The lowest BCUT2D eigenvalue weighted by atomic mass is 10.1. The monoisotopic (exact) mass is 442 g/mol. The van der Waals surface area contributed by atoms with Crippen molar-refractivity contribution in [3.8, 4) is 16.9 Å². The highest BCUT2D eigenvalue weighted by atomic mass is 16.2. The lowest BCUT2D eigenvalue weighted by molar-refractivity contribution is -0.118. The van der Waals surface area contributed by atoms with E-state index in [-0.39, 0.29) is 11.2 Å². The molecular weight excluding hydrogens is 420 g/mol. The number of imidazole rings is 2. The first-order valence-corrected chi connectivity index (χ1v) is 10.4. The Labute approximate surface area is 187 Å². The van der Waals surface area contributed by atoms with Crippen molar-refractivity contribution in [1.29, 1.82) is 0 Å². The summed E-state index contributed by atoms with van der Waals surface area (Å²) < 4.78 is 5.75. The molecule has 0 spiro atoms. The fraction of sp³-hybridized carbons (Fsp3) is 0.167. The molecule has 9 nitrogen and oxygen atoms in total. The SMILES string of the molecule is Cc1cc(C)cc(-n2c(-c3ccccc3)cn3c4c(=O)n(CC(N)=O)c(=O)n(C)c4nc23)c1. The summed E-state index contributed by atoms with van der Waals surface area (Å²) in [4.78, 5) is 42.2. The first kappa shape index (κ1) is 20.5. The Balaban J connectivity index is 1.95. The molecule has 0 radical (unpaired) electrons. The zero-order chi connectivity index (χ0) is 23.4. The number of nitrogens with zero attached hydrogens (tertiary/aromatic N) is 5. The molecule has 0 aliphatic heterocycles. The topological polar surface area (TPSA) is 109 Å². The Morgan fingerprint density at radius 1 is 1.03 bits per heavy atom. The van der Waals surface area contributed by atoms with Crippen LogP contribution in [0.2, 0.25) is 0 Å². The molecule has 5 aromatic rings. The van der Waals surface area contributed by atoms with Gasteiger partial charge in [0.15, 0.2) is 11.2 Å². The number of fused-ring (bicyclic) bond motifs is 3. The highest BCUT2D eigenvalue weighted by Gasteiger charge is 2.23. The number of hydrogen-bond donors (Lipinski definition) is 1. The first-order chi connectivity index (χ1) is 15.8. The van der Waals surface area contributed by atoms with Crippen molar-refractivity contribution in [3.05, 3.63) is 86.7 Å². The summed E-state index contributed by atoms with van der Waals surface area (Å²) in [5.41, 5.74) is 9.29. The van der Waals surface area contributed by atoms with E-state index >= 15 is 0 Å². The van der Waals surface area contributed by atoms with Crippen molar-refractivity contribution in [2.75, 3.05) is 0 Å².